The van der Waals surface area contributed by atoms with Gasteiger partial charge in [-0.2, -0.15) is 0 Å². The number of para-hydroxylation sites is 1. The molecule has 0 bridgehead atoms. The zero-order valence-electron chi connectivity index (χ0n) is 12.9. The predicted molar refractivity (Wildman–Crippen MR) is 86.1 cm³/mol. The Balaban J connectivity index is 2.07. The van der Waals surface area contributed by atoms with Crippen LogP contribution in [-0.2, 0) is 16.0 Å². The van der Waals surface area contributed by atoms with E-state index in [1.54, 1.807) is 29.1 Å². The summed E-state index contributed by atoms with van der Waals surface area (Å²) in [6.07, 6.45) is 1.43. The normalized spacial score (nSPS) is 26.4. The SMILES string of the molecule is C=Cn1cc(C[C@@](O)(C(=O)O)[C@]2(O)C[C@@H](O)CO2)c2ccccc21. The Bertz CT molecular complexity index is 799. The van der Waals surface area contributed by atoms with Gasteiger partial charge in [-0.25, -0.2) is 4.79 Å². The van der Waals surface area contributed by atoms with Crippen LogP contribution >= 0.6 is 0 Å². The number of fused-ring (bicyclic) bond motifs is 1. The Hall–Kier alpha value is -2.19. The van der Waals surface area contributed by atoms with E-state index in [1.165, 1.54) is 0 Å². The largest absolute Gasteiger partial charge is 0.479 e. The molecule has 1 fully saturated rings. The number of aliphatic hydroxyl groups excluding tert-OH is 1. The first-order chi connectivity index (χ1) is 11.3. The van der Waals surface area contributed by atoms with Gasteiger partial charge in [-0.1, -0.05) is 24.8 Å². The zero-order chi connectivity index (χ0) is 17.5. The molecule has 1 aromatic heterocycles. The number of carboxylic acids is 1. The van der Waals surface area contributed by atoms with Gasteiger partial charge in [0.25, 0.3) is 0 Å². The number of carbonyl (C=O) groups is 1. The average Bonchev–Trinajstić information content (AvgIpc) is 3.08. The summed E-state index contributed by atoms with van der Waals surface area (Å²) in [5.41, 5.74) is -1.27. The summed E-state index contributed by atoms with van der Waals surface area (Å²) in [5.74, 6) is -3.98. The van der Waals surface area contributed by atoms with Crippen LogP contribution in [0.5, 0.6) is 0 Å². The van der Waals surface area contributed by atoms with Gasteiger partial charge in [0, 0.05) is 30.6 Å². The van der Waals surface area contributed by atoms with Crippen molar-refractivity contribution < 1.29 is 30.0 Å². The summed E-state index contributed by atoms with van der Waals surface area (Å²) in [7, 11) is 0. The van der Waals surface area contributed by atoms with Crippen molar-refractivity contribution >= 4 is 23.1 Å². The third-order valence-electron chi connectivity index (χ3n) is 4.49. The highest BCUT2D eigenvalue weighted by Gasteiger charge is 2.60. The molecule has 4 N–H and O–H groups in total. The van der Waals surface area contributed by atoms with Crippen molar-refractivity contribution in [3.63, 3.8) is 0 Å². The van der Waals surface area contributed by atoms with Crippen LogP contribution in [0.1, 0.15) is 12.0 Å². The summed E-state index contributed by atoms with van der Waals surface area (Å²) in [6.45, 7) is 3.47. The molecule has 7 heteroatoms. The molecule has 0 amide bonds. The van der Waals surface area contributed by atoms with Gasteiger partial charge in [-0.05, 0) is 11.6 Å². The Labute approximate surface area is 138 Å². The molecule has 1 aromatic carbocycles. The highest BCUT2D eigenvalue weighted by atomic mass is 16.7. The van der Waals surface area contributed by atoms with Crippen molar-refractivity contribution in [2.24, 2.45) is 0 Å². The number of ether oxygens (including phenoxy) is 1. The van der Waals surface area contributed by atoms with Crippen molar-refractivity contribution in [2.45, 2.75) is 30.3 Å². The second kappa shape index (κ2) is 5.71. The molecule has 1 aliphatic heterocycles. The molecule has 0 aliphatic carbocycles. The Morgan fingerprint density at radius 1 is 1.50 bits per heavy atom. The van der Waals surface area contributed by atoms with Crippen molar-refractivity contribution in [1.29, 1.82) is 0 Å². The van der Waals surface area contributed by atoms with Crippen molar-refractivity contribution in [2.75, 3.05) is 6.61 Å². The number of nitrogens with zero attached hydrogens (tertiary/aromatic N) is 1. The second-order valence-electron chi connectivity index (χ2n) is 6.06. The van der Waals surface area contributed by atoms with E-state index in [0.29, 0.717) is 5.56 Å². The van der Waals surface area contributed by atoms with E-state index >= 15 is 0 Å². The maximum absolute atomic E-state index is 11.7. The molecule has 2 aromatic rings. The fourth-order valence-corrected chi connectivity index (χ4v) is 3.19. The van der Waals surface area contributed by atoms with Gasteiger partial charge in [-0.15, -0.1) is 0 Å². The van der Waals surface area contributed by atoms with E-state index in [1.807, 2.05) is 12.1 Å². The van der Waals surface area contributed by atoms with Crippen molar-refractivity contribution in [3.05, 3.63) is 42.6 Å². The van der Waals surface area contributed by atoms with Crippen LogP contribution in [0.2, 0.25) is 0 Å². The first kappa shape index (κ1) is 16.7. The second-order valence-corrected chi connectivity index (χ2v) is 6.06. The number of hydrogen-bond acceptors (Lipinski definition) is 5. The van der Waals surface area contributed by atoms with E-state index in [0.717, 1.165) is 10.9 Å². The van der Waals surface area contributed by atoms with Crippen molar-refractivity contribution in [1.82, 2.24) is 4.57 Å². The van der Waals surface area contributed by atoms with Gasteiger partial charge in [0.1, 0.15) is 0 Å². The quantitative estimate of drug-likeness (QED) is 0.636. The smallest absolute Gasteiger partial charge is 0.341 e. The first-order valence-electron chi connectivity index (χ1n) is 7.52. The summed E-state index contributed by atoms with van der Waals surface area (Å²) in [5, 5.41) is 41.1. The average molecular weight is 333 g/mol. The molecular formula is C17H19NO6. The molecule has 24 heavy (non-hydrogen) atoms. The lowest BCUT2D eigenvalue weighted by Crippen LogP contribution is -2.60. The van der Waals surface area contributed by atoms with E-state index < -0.39 is 23.5 Å². The number of benzene rings is 1. The molecule has 128 valence electrons. The molecule has 3 rings (SSSR count). The Morgan fingerprint density at radius 2 is 2.21 bits per heavy atom. The predicted octanol–water partition coefficient (Wildman–Crippen LogP) is 0.570. The number of aliphatic hydroxyl groups is 3. The highest BCUT2D eigenvalue weighted by molar-refractivity contribution is 5.87. The fourth-order valence-electron chi connectivity index (χ4n) is 3.19. The van der Waals surface area contributed by atoms with Gasteiger partial charge < -0.3 is 29.7 Å². The van der Waals surface area contributed by atoms with E-state index in [4.69, 9.17) is 4.74 Å². The molecule has 1 aliphatic rings. The lowest BCUT2D eigenvalue weighted by Gasteiger charge is -2.36. The molecule has 0 spiro atoms. The summed E-state index contributed by atoms with van der Waals surface area (Å²) in [6, 6.07) is 7.26. The minimum atomic E-state index is -2.60. The number of rotatable bonds is 5. The van der Waals surface area contributed by atoms with Crippen LogP contribution < -0.4 is 0 Å². The van der Waals surface area contributed by atoms with Gasteiger partial charge >= 0.3 is 5.97 Å². The summed E-state index contributed by atoms with van der Waals surface area (Å²) < 4.78 is 6.75. The maximum Gasteiger partial charge on any atom is 0.341 e. The molecule has 3 atom stereocenters. The number of carboxylic acid groups (broad SMARTS) is 1. The molecule has 1 saturated heterocycles. The van der Waals surface area contributed by atoms with Crippen LogP contribution in [0.3, 0.4) is 0 Å². The molecule has 0 radical (unpaired) electrons. The fraction of sp³-hybridized carbons (Fsp3) is 0.353. The molecular weight excluding hydrogens is 314 g/mol. The lowest BCUT2D eigenvalue weighted by atomic mass is 9.84. The van der Waals surface area contributed by atoms with Crippen LogP contribution in [0.25, 0.3) is 17.1 Å². The van der Waals surface area contributed by atoms with E-state index in [2.05, 4.69) is 6.58 Å². The van der Waals surface area contributed by atoms with Gasteiger partial charge in [0.15, 0.2) is 0 Å². The first-order valence-corrected chi connectivity index (χ1v) is 7.52. The summed E-state index contributed by atoms with van der Waals surface area (Å²) >= 11 is 0. The van der Waals surface area contributed by atoms with Gasteiger partial charge in [0.2, 0.25) is 11.4 Å². The standard InChI is InChI=1S/C17H19NO6/c1-2-18-9-11(13-5-3-4-6-14(13)18)7-16(22,15(20)21)17(23)8-12(19)10-24-17/h2-6,9,12,19,22-23H,1,7-8,10H2,(H,20,21)/t12-,16-,17+/m1/s1. The molecule has 0 unspecified atom stereocenters. The monoisotopic (exact) mass is 333 g/mol. The maximum atomic E-state index is 11.7. The van der Waals surface area contributed by atoms with Gasteiger partial charge in [0.05, 0.1) is 18.2 Å². The third kappa shape index (κ3) is 2.42. The van der Waals surface area contributed by atoms with Crippen LogP contribution in [0.15, 0.2) is 37.0 Å². The lowest BCUT2D eigenvalue weighted by molar-refractivity contribution is -0.275. The number of hydrogen-bond donors (Lipinski definition) is 4. The highest BCUT2D eigenvalue weighted by Crippen LogP contribution is 2.38. The summed E-state index contributed by atoms with van der Waals surface area (Å²) in [4.78, 5) is 11.7. The van der Waals surface area contributed by atoms with Crippen LogP contribution in [0, 0.1) is 0 Å². The van der Waals surface area contributed by atoms with Gasteiger partial charge in [-0.3, -0.25) is 0 Å². The van der Waals surface area contributed by atoms with E-state index in [-0.39, 0.29) is 19.4 Å². The van der Waals surface area contributed by atoms with Crippen LogP contribution in [-0.4, -0.2) is 55.1 Å². The number of aliphatic carboxylic acids is 1. The Morgan fingerprint density at radius 3 is 2.79 bits per heavy atom. The minimum absolute atomic E-state index is 0.236. The zero-order valence-corrected chi connectivity index (χ0v) is 12.9. The number of aromatic nitrogens is 1. The third-order valence-corrected chi connectivity index (χ3v) is 4.49. The van der Waals surface area contributed by atoms with Crippen molar-refractivity contribution in [3.8, 4) is 0 Å². The van der Waals surface area contributed by atoms with Crippen LogP contribution in [0.4, 0.5) is 0 Å². The molecule has 2 heterocycles. The molecule has 0 saturated carbocycles. The Kier molecular flexibility index (Phi) is 3.97. The topological polar surface area (TPSA) is 112 Å². The molecule has 7 nitrogen and oxygen atoms in total. The minimum Gasteiger partial charge on any atom is -0.479 e. The van der Waals surface area contributed by atoms with E-state index in [9.17, 15) is 25.2 Å².